The van der Waals surface area contributed by atoms with Crippen LogP contribution < -0.4 is 37.7 Å². The number of amides is 2. The minimum absolute atomic E-state index is 0.00104. The normalized spacial score (nSPS) is 27.6. The summed E-state index contributed by atoms with van der Waals surface area (Å²) in [5.74, 6) is -0.985. The number of piperidine rings is 1. The van der Waals surface area contributed by atoms with E-state index < -0.39 is 90.2 Å². The van der Waals surface area contributed by atoms with Gasteiger partial charge in [0, 0.05) is 63.4 Å². The number of alkyl halides is 3. The number of aromatic amines is 1. The van der Waals surface area contributed by atoms with Crippen LogP contribution in [0, 0.1) is 0 Å². The van der Waals surface area contributed by atoms with E-state index in [9.17, 15) is 52.8 Å². The maximum atomic E-state index is 13.2. The Balaban J connectivity index is 1.02. The van der Waals surface area contributed by atoms with Gasteiger partial charge in [0.15, 0.2) is 12.5 Å². The number of nitrogens with two attached hydrogens (primary N) is 2. The quantitative estimate of drug-likeness (QED) is 0.0848. The highest BCUT2D eigenvalue weighted by Gasteiger charge is 2.61. The van der Waals surface area contributed by atoms with Crippen LogP contribution in [-0.4, -0.2) is 141 Å². The molecule has 2 aromatic carbocycles. The molecular weight excluding hydrogens is 827 g/mol. The monoisotopic (exact) mass is 879 g/mol. The van der Waals surface area contributed by atoms with Crippen LogP contribution in [0.4, 0.5) is 18.9 Å². The molecule has 0 aliphatic carbocycles. The first kappa shape index (κ1) is 46.6. The molecule has 1 aromatic heterocycles. The number of hydrogen-bond acceptors (Lipinski definition) is 15. The minimum Gasteiger partial charge on any atom is -0.490 e. The van der Waals surface area contributed by atoms with E-state index in [1.165, 1.54) is 24.1 Å². The summed E-state index contributed by atoms with van der Waals surface area (Å²) in [6, 6.07) is 11.7. The maximum absolute atomic E-state index is 13.2. The summed E-state index contributed by atoms with van der Waals surface area (Å²) in [5, 5.41) is 47.2. The van der Waals surface area contributed by atoms with Crippen molar-refractivity contribution in [2.24, 2.45) is 11.5 Å². The summed E-state index contributed by atoms with van der Waals surface area (Å²) in [7, 11) is 1.45. The number of H-pyrrole nitrogens is 1. The lowest BCUT2D eigenvalue weighted by molar-refractivity contribution is -0.327. The first-order valence-corrected chi connectivity index (χ1v) is 20.0. The van der Waals surface area contributed by atoms with Crippen molar-refractivity contribution >= 4 is 17.5 Å². The van der Waals surface area contributed by atoms with E-state index in [1.54, 1.807) is 0 Å². The first-order valence-electron chi connectivity index (χ1n) is 20.0. The molecule has 6 rings (SSSR count). The molecule has 3 aliphatic rings. The molecule has 4 heterocycles. The van der Waals surface area contributed by atoms with Gasteiger partial charge < -0.3 is 61.1 Å². The number of carbonyl (C=O) groups is 2. The van der Waals surface area contributed by atoms with Gasteiger partial charge in [0.1, 0.15) is 54.0 Å². The largest absolute Gasteiger partial charge is 0.490 e. The molecule has 2 amide bonds. The molecule has 3 aliphatic heterocycles. The number of primary amides is 1. The van der Waals surface area contributed by atoms with E-state index in [0.717, 1.165) is 40.2 Å². The zero-order valence-electron chi connectivity index (χ0n) is 33.7. The highest BCUT2D eigenvalue weighted by atomic mass is 19.4. The van der Waals surface area contributed by atoms with Gasteiger partial charge in [-0.3, -0.25) is 28.8 Å². The van der Waals surface area contributed by atoms with Gasteiger partial charge in [-0.25, -0.2) is 4.79 Å². The molecule has 0 bridgehead atoms. The second-order valence-electron chi connectivity index (χ2n) is 15.6. The van der Waals surface area contributed by atoms with Crippen molar-refractivity contribution in [2.75, 3.05) is 44.7 Å². The van der Waals surface area contributed by atoms with Crippen LogP contribution in [0.15, 0.2) is 70.4 Å². The van der Waals surface area contributed by atoms with E-state index in [-0.39, 0.29) is 44.5 Å². The molecule has 3 aromatic rings. The van der Waals surface area contributed by atoms with Crippen LogP contribution in [-0.2, 0) is 36.5 Å². The smallest absolute Gasteiger partial charge is 0.416 e. The van der Waals surface area contributed by atoms with Crippen molar-refractivity contribution in [3.63, 3.8) is 0 Å². The SMILES string of the molecule is CN(CCCC(=O)NCc1ccc(N2CCC(Oc3ccc(C(F)(F)F)cc3)CC2)cc1)[C@H](C(N)=O)[C@]1(O[C@@H]2O[C@H](CN)[C@@H](O)[C@H]2O)CO[C@@H](n2ccc(=O)[nH]c2=O)[C@H](O)[C@@H]1O. The number of aliphatic hydroxyl groups excluding tert-OH is 4. The third kappa shape index (κ3) is 10.5. The number of hydrogen-bond donors (Lipinski definition) is 8. The molecule has 0 spiro atoms. The zero-order valence-corrected chi connectivity index (χ0v) is 33.7. The first-order chi connectivity index (χ1) is 29.4. The number of aliphatic hydroxyl groups is 4. The second-order valence-corrected chi connectivity index (χ2v) is 15.6. The van der Waals surface area contributed by atoms with Crippen LogP contribution in [0.2, 0.25) is 0 Å². The van der Waals surface area contributed by atoms with Crippen LogP contribution in [0.1, 0.15) is 43.0 Å². The summed E-state index contributed by atoms with van der Waals surface area (Å²) in [5.41, 5.74) is 8.63. The Hall–Kier alpha value is -4.91. The third-order valence-electron chi connectivity index (χ3n) is 11.4. The van der Waals surface area contributed by atoms with Gasteiger partial charge in [-0.2, -0.15) is 13.2 Å². The molecule has 3 saturated heterocycles. The molecule has 19 nitrogen and oxygen atoms in total. The standard InChI is InChI=1S/C40H52F3N7O12/c1-48(15-2-3-28(51)46-20-22-4-8-24(9-5-22)49-16-12-26(13-17-49)60-25-10-6-23(7-11-25)40(41,42)43)33(35(45)57)39(62-37-31(54)30(53)27(19-44)61-37)21-59-36(32(55)34(39)56)50-18-14-29(52)47-38(50)58/h4-11,14,18,26-27,30-34,36-37,53-56H,2-3,12-13,15-17,19-21,44H2,1H3,(H2,45,57)(H,46,51)(H,47,52,58)/t27-,30-,31-,32-,33-,34+,36-,37+,39-/m1/s1. The number of carbonyl (C=O) groups excluding carboxylic acids is 2. The lowest BCUT2D eigenvalue weighted by Gasteiger charge is -2.51. The third-order valence-corrected chi connectivity index (χ3v) is 11.4. The molecular formula is C40H52F3N7O12. The average molecular weight is 880 g/mol. The molecule has 0 unspecified atom stereocenters. The molecule has 0 saturated carbocycles. The Morgan fingerprint density at radius 3 is 2.29 bits per heavy atom. The maximum Gasteiger partial charge on any atom is 0.416 e. The zero-order chi connectivity index (χ0) is 44.9. The van der Waals surface area contributed by atoms with Crippen LogP contribution in [0.3, 0.4) is 0 Å². The number of benzene rings is 2. The Morgan fingerprint density at radius 2 is 1.69 bits per heavy atom. The van der Waals surface area contributed by atoms with E-state index in [1.807, 2.05) is 29.2 Å². The minimum atomic E-state index is -4.41. The number of rotatable bonds is 16. The number of likely N-dealkylation sites (N-methyl/N-ethyl adjacent to an activating group) is 1. The van der Waals surface area contributed by atoms with Crippen molar-refractivity contribution in [1.29, 1.82) is 0 Å². The van der Waals surface area contributed by atoms with Crippen molar-refractivity contribution in [2.45, 2.75) is 99.2 Å². The summed E-state index contributed by atoms with van der Waals surface area (Å²) in [4.78, 5) is 56.0. The summed E-state index contributed by atoms with van der Waals surface area (Å²) < 4.78 is 62.9. The number of nitrogens with one attached hydrogen (secondary N) is 2. The summed E-state index contributed by atoms with van der Waals surface area (Å²) >= 11 is 0. The van der Waals surface area contributed by atoms with Crippen molar-refractivity contribution in [3.8, 4) is 5.75 Å². The molecule has 9 atom stereocenters. The highest BCUT2D eigenvalue weighted by Crippen LogP contribution is 2.39. The van der Waals surface area contributed by atoms with Crippen molar-refractivity contribution in [3.05, 3.63) is 92.8 Å². The molecule has 22 heteroatoms. The number of ether oxygens (including phenoxy) is 4. The van der Waals surface area contributed by atoms with Gasteiger partial charge in [0.2, 0.25) is 11.8 Å². The summed E-state index contributed by atoms with van der Waals surface area (Å²) in [6.45, 7) is 0.637. The predicted octanol–water partition coefficient (Wildman–Crippen LogP) is -1.10. The molecule has 0 radical (unpaired) electrons. The highest BCUT2D eigenvalue weighted by molar-refractivity contribution is 5.81. The number of nitrogens with zero attached hydrogens (tertiary/aromatic N) is 3. The molecule has 3 fully saturated rings. The number of aromatic nitrogens is 2. The van der Waals surface area contributed by atoms with E-state index in [0.29, 0.717) is 31.7 Å². The van der Waals surface area contributed by atoms with E-state index >= 15 is 0 Å². The molecule has 10 N–H and O–H groups in total. The van der Waals surface area contributed by atoms with Crippen molar-refractivity contribution in [1.82, 2.24) is 19.8 Å². The lowest BCUT2D eigenvalue weighted by Crippen LogP contribution is -2.73. The molecule has 340 valence electrons. The fourth-order valence-electron chi connectivity index (χ4n) is 8.06. The van der Waals surface area contributed by atoms with Gasteiger partial charge in [-0.15, -0.1) is 0 Å². The summed E-state index contributed by atoms with van der Waals surface area (Å²) in [6.07, 6.45) is -13.6. The van der Waals surface area contributed by atoms with Gasteiger partial charge in [0.25, 0.3) is 5.56 Å². The number of anilines is 1. The molecule has 62 heavy (non-hydrogen) atoms. The van der Waals surface area contributed by atoms with Crippen LogP contribution >= 0.6 is 0 Å². The average Bonchev–Trinajstić information content (AvgIpc) is 3.50. The predicted molar refractivity (Wildman–Crippen MR) is 212 cm³/mol. The van der Waals surface area contributed by atoms with Crippen molar-refractivity contribution < 1.29 is 62.1 Å². The Labute approximate surface area is 352 Å². The Kier molecular flexibility index (Phi) is 14.8. The van der Waals surface area contributed by atoms with Gasteiger partial charge in [-0.1, -0.05) is 12.1 Å². The van der Waals surface area contributed by atoms with E-state index in [2.05, 4.69) is 10.2 Å². The second kappa shape index (κ2) is 19.6. The Morgan fingerprint density at radius 1 is 1.02 bits per heavy atom. The number of halogens is 3. The van der Waals surface area contributed by atoms with Crippen LogP contribution in [0.5, 0.6) is 5.75 Å². The van der Waals surface area contributed by atoms with Crippen LogP contribution in [0.25, 0.3) is 0 Å². The van der Waals surface area contributed by atoms with E-state index in [4.69, 9.17) is 30.4 Å². The fraction of sp³-hybridized carbons (Fsp3) is 0.550. The lowest BCUT2D eigenvalue weighted by atomic mass is 9.81. The topological polar surface area (TPSA) is 277 Å². The van der Waals surface area contributed by atoms with Gasteiger partial charge in [-0.05, 0) is 62.0 Å². The Bertz CT molecular complexity index is 2100. The van der Waals surface area contributed by atoms with Gasteiger partial charge in [0.05, 0.1) is 12.2 Å². The fourth-order valence-corrected chi connectivity index (χ4v) is 8.06. The van der Waals surface area contributed by atoms with Gasteiger partial charge >= 0.3 is 11.9 Å².